The third kappa shape index (κ3) is 52.4. The van der Waals surface area contributed by atoms with Crippen molar-refractivity contribution in [1.29, 1.82) is 0 Å². The summed E-state index contributed by atoms with van der Waals surface area (Å²) < 4.78 is 26.6. The molecule has 64 heavy (non-hydrogen) atoms. The molecular weight excluding hydrogens is 820 g/mol. The lowest BCUT2D eigenvalue weighted by atomic mass is 10.0. The number of unbranched alkanes of at least 4 members (excludes halogenated alkanes) is 29. The van der Waals surface area contributed by atoms with Crippen LogP contribution in [0.2, 0.25) is 0 Å². The Morgan fingerprint density at radius 2 is 0.750 bits per heavy atom. The smallest absolute Gasteiger partial charge is 0.462 e. The summed E-state index contributed by atoms with van der Waals surface area (Å²) >= 11 is 0. The van der Waals surface area contributed by atoms with Gasteiger partial charge in [-0.25, -0.2) is 4.57 Å². The second-order valence-corrected chi connectivity index (χ2v) is 19.1. The molecule has 372 valence electrons. The van der Waals surface area contributed by atoms with Gasteiger partial charge in [0.05, 0.1) is 6.61 Å². The monoisotopic (exact) mass is 919 g/mol. The molecule has 2 N–H and O–H groups in total. The van der Waals surface area contributed by atoms with Crippen LogP contribution in [0.4, 0.5) is 0 Å². The molecule has 0 aliphatic rings. The number of carbonyl (C=O) groups is 2. The number of phosphoric acid groups is 1. The minimum absolute atomic E-state index is 0.205. The average Bonchev–Trinajstić information content (AvgIpc) is 3.27. The van der Waals surface area contributed by atoms with Gasteiger partial charge in [-0.15, -0.1) is 0 Å². The average molecular weight is 919 g/mol. The summed E-state index contributed by atoms with van der Waals surface area (Å²) in [6, 6.07) is 0. The molecule has 0 amide bonds. The highest BCUT2D eigenvalue weighted by Crippen LogP contribution is 2.36. The standard InChI is InChI=1S/C55H99O8P/c1-3-5-7-9-11-13-15-17-19-21-23-25-27-29-31-33-35-37-39-41-43-45-47-49-54(56)61-51-53(52-62-64(58,59)60)63-55(57)50-48-46-44-42-40-38-36-34-32-30-28-26-24-22-20-18-16-14-12-10-8-6-4-2/h6,8,12,14,18,20-21,23-24,26,53H,3-5,7,9-11,13,15-17,19,22,25,27-52H2,1-2H3,(H2,58,59,60)/b8-6-,14-12-,20-18-,23-21-,26-24-. The van der Waals surface area contributed by atoms with Gasteiger partial charge in [0.1, 0.15) is 6.61 Å². The third-order valence-corrected chi connectivity index (χ3v) is 12.0. The molecule has 0 saturated heterocycles. The molecule has 0 aromatic rings. The maximum Gasteiger partial charge on any atom is 0.469 e. The number of phosphoric ester groups is 1. The minimum Gasteiger partial charge on any atom is -0.462 e. The van der Waals surface area contributed by atoms with Crippen LogP contribution < -0.4 is 0 Å². The maximum absolute atomic E-state index is 12.5. The molecule has 0 saturated carbocycles. The molecular formula is C55H99O8P. The Balaban J connectivity index is 3.81. The summed E-state index contributed by atoms with van der Waals surface area (Å²) in [5, 5.41) is 0. The van der Waals surface area contributed by atoms with Gasteiger partial charge in [-0.05, 0) is 77.0 Å². The first-order chi connectivity index (χ1) is 31.3. The Morgan fingerprint density at radius 3 is 1.14 bits per heavy atom. The lowest BCUT2D eigenvalue weighted by Gasteiger charge is -2.18. The van der Waals surface area contributed by atoms with E-state index in [-0.39, 0.29) is 19.4 Å². The number of hydrogen-bond acceptors (Lipinski definition) is 6. The van der Waals surface area contributed by atoms with Crippen molar-refractivity contribution in [2.75, 3.05) is 13.2 Å². The van der Waals surface area contributed by atoms with E-state index in [0.717, 1.165) is 70.6 Å². The Kier molecular flexibility index (Phi) is 48.4. The molecule has 0 aliphatic heterocycles. The first kappa shape index (κ1) is 61.8. The molecule has 0 bridgehead atoms. The quantitative estimate of drug-likeness (QED) is 0.0268. The molecule has 0 radical (unpaired) electrons. The van der Waals surface area contributed by atoms with Crippen molar-refractivity contribution in [2.45, 2.75) is 264 Å². The predicted octanol–water partition coefficient (Wildman–Crippen LogP) is 17.2. The normalized spacial score (nSPS) is 12.9. The van der Waals surface area contributed by atoms with Gasteiger partial charge >= 0.3 is 19.8 Å². The van der Waals surface area contributed by atoms with E-state index in [0.29, 0.717) is 6.42 Å². The molecule has 1 unspecified atom stereocenters. The van der Waals surface area contributed by atoms with Crippen molar-refractivity contribution in [3.63, 3.8) is 0 Å². The zero-order chi connectivity index (χ0) is 46.7. The van der Waals surface area contributed by atoms with Crippen LogP contribution in [0.5, 0.6) is 0 Å². The summed E-state index contributed by atoms with van der Waals surface area (Å²) in [6.07, 6.45) is 65.3. The van der Waals surface area contributed by atoms with E-state index in [9.17, 15) is 14.2 Å². The first-order valence-electron chi connectivity index (χ1n) is 26.6. The summed E-state index contributed by atoms with van der Waals surface area (Å²) in [5.74, 6) is -0.883. The van der Waals surface area contributed by atoms with Gasteiger partial charge in [0.25, 0.3) is 0 Å². The molecule has 0 fully saturated rings. The number of rotatable bonds is 49. The molecule has 1 atom stereocenters. The minimum atomic E-state index is -4.77. The molecule has 0 rings (SSSR count). The largest absolute Gasteiger partial charge is 0.469 e. The van der Waals surface area contributed by atoms with E-state index in [1.807, 2.05) is 0 Å². The van der Waals surface area contributed by atoms with E-state index in [4.69, 9.17) is 19.3 Å². The van der Waals surface area contributed by atoms with E-state index >= 15 is 0 Å². The number of hydrogen-bond donors (Lipinski definition) is 2. The van der Waals surface area contributed by atoms with Gasteiger partial charge in [-0.1, -0.05) is 229 Å². The summed E-state index contributed by atoms with van der Waals surface area (Å²) in [5.41, 5.74) is 0. The second-order valence-electron chi connectivity index (χ2n) is 17.8. The van der Waals surface area contributed by atoms with Crippen LogP contribution in [-0.2, 0) is 28.2 Å². The van der Waals surface area contributed by atoms with Crippen LogP contribution >= 0.6 is 7.82 Å². The van der Waals surface area contributed by atoms with Crippen LogP contribution in [0.1, 0.15) is 258 Å². The van der Waals surface area contributed by atoms with Gasteiger partial charge in [-0.2, -0.15) is 0 Å². The van der Waals surface area contributed by atoms with Crippen molar-refractivity contribution in [2.24, 2.45) is 0 Å². The van der Waals surface area contributed by atoms with Gasteiger partial charge in [0.2, 0.25) is 0 Å². The Bertz CT molecular complexity index is 1220. The molecule has 0 spiro atoms. The highest BCUT2D eigenvalue weighted by molar-refractivity contribution is 7.46. The molecule has 0 aromatic carbocycles. The Labute approximate surface area is 394 Å². The molecule has 9 heteroatoms. The SMILES string of the molecule is CC/C=C\C/C=C\C/C=C\C/C=C\CCCCCCCCCCCCC(=O)OC(COC(=O)CCCCCCCCCCCCC/C=C\CCCCCCCCCC)COP(=O)(O)O. The number of esters is 2. The highest BCUT2D eigenvalue weighted by atomic mass is 31.2. The van der Waals surface area contributed by atoms with Gasteiger partial charge in [-0.3, -0.25) is 14.1 Å². The fourth-order valence-electron chi connectivity index (χ4n) is 7.60. The van der Waals surface area contributed by atoms with Gasteiger partial charge < -0.3 is 19.3 Å². The van der Waals surface area contributed by atoms with Crippen LogP contribution in [0, 0.1) is 0 Å². The number of carbonyl (C=O) groups excluding carboxylic acids is 2. The first-order valence-corrected chi connectivity index (χ1v) is 28.1. The molecule has 0 heterocycles. The summed E-state index contributed by atoms with van der Waals surface area (Å²) in [6.45, 7) is 3.61. The molecule has 0 aliphatic carbocycles. The maximum atomic E-state index is 12.5. The highest BCUT2D eigenvalue weighted by Gasteiger charge is 2.23. The van der Waals surface area contributed by atoms with E-state index in [1.165, 1.54) is 154 Å². The fourth-order valence-corrected chi connectivity index (χ4v) is 7.96. The van der Waals surface area contributed by atoms with Crippen molar-refractivity contribution in [3.05, 3.63) is 60.8 Å². The van der Waals surface area contributed by atoms with E-state index in [2.05, 4.69) is 79.1 Å². The fraction of sp³-hybridized carbons (Fsp3) is 0.782. The van der Waals surface area contributed by atoms with Crippen LogP contribution in [0.3, 0.4) is 0 Å². The van der Waals surface area contributed by atoms with Gasteiger partial charge in [0, 0.05) is 12.8 Å². The Hall–Kier alpha value is -2.25. The molecule has 0 aromatic heterocycles. The lowest BCUT2D eigenvalue weighted by Crippen LogP contribution is -2.29. The summed E-state index contributed by atoms with van der Waals surface area (Å²) in [7, 11) is -4.77. The van der Waals surface area contributed by atoms with E-state index in [1.54, 1.807) is 0 Å². The van der Waals surface area contributed by atoms with Crippen molar-refractivity contribution in [1.82, 2.24) is 0 Å². The number of ether oxygens (including phenoxy) is 2. The van der Waals surface area contributed by atoms with Crippen LogP contribution in [0.25, 0.3) is 0 Å². The van der Waals surface area contributed by atoms with E-state index < -0.39 is 32.5 Å². The summed E-state index contributed by atoms with van der Waals surface area (Å²) in [4.78, 5) is 43.2. The lowest BCUT2D eigenvalue weighted by molar-refractivity contribution is -0.161. The second kappa shape index (κ2) is 50.2. The van der Waals surface area contributed by atoms with Crippen LogP contribution in [0.15, 0.2) is 60.8 Å². The zero-order valence-corrected chi connectivity index (χ0v) is 42.3. The van der Waals surface area contributed by atoms with Crippen molar-refractivity contribution < 1.29 is 37.9 Å². The number of allylic oxidation sites excluding steroid dienone is 10. The van der Waals surface area contributed by atoms with Gasteiger partial charge in [0.15, 0.2) is 6.10 Å². The van der Waals surface area contributed by atoms with Crippen LogP contribution in [-0.4, -0.2) is 41.0 Å². The third-order valence-electron chi connectivity index (χ3n) is 11.5. The predicted molar refractivity (Wildman–Crippen MR) is 271 cm³/mol. The Morgan fingerprint density at radius 1 is 0.422 bits per heavy atom. The zero-order valence-electron chi connectivity index (χ0n) is 41.4. The van der Waals surface area contributed by atoms with Crippen molar-refractivity contribution in [3.8, 4) is 0 Å². The van der Waals surface area contributed by atoms with Crippen molar-refractivity contribution >= 4 is 19.8 Å². The molecule has 8 nitrogen and oxygen atoms in total. The topological polar surface area (TPSA) is 119 Å².